The van der Waals surface area contributed by atoms with Crippen LogP contribution >= 0.6 is 34.8 Å². The van der Waals surface area contributed by atoms with Gasteiger partial charge in [-0.1, -0.05) is 34.8 Å². The van der Waals surface area contributed by atoms with Gasteiger partial charge in [-0.15, -0.1) is 0 Å². The molecule has 0 aromatic rings. The van der Waals surface area contributed by atoms with Crippen molar-refractivity contribution in [3.8, 4) is 0 Å². The Balaban J connectivity index is 4.20. The number of alkyl halides is 3. The number of carbonyl (C=O) groups is 4. The molecule has 0 heterocycles. The lowest BCUT2D eigenvalue weighted by Gasteiger charge is -2.17. The minimum Gasteiger partial charge on any atom is -0.460 e. The molecule has 4 N–H and O–H groups in total. The largest absolute Gasteiger partial charge is 0.460 e. The second kappa shape index (κ2) is 10.5. The second-order valence-electron chi connectivity index (χ2n) is 4.21. The highest BCUT2D eigenvalue weighted by atomic mass is 35.6. The SMILES string of the molecule is CC(=O)NCC(=O)NCC(=O)N[C@@H](CO)C(=O)OCC(Cl)(Cl)Cl. The molecule has 0 unspecified atom stereocenters. The molecule has 0 radical (unpaired) electrons. The molecule has 0 spiro atoms. The highest BCUT2D eigenvalue weighted by Gasteiger charge is 2.26. The first kappa shape index (κ1) is 21.7. The Hall–Kier alpha value is -1.29. The summed E-state index contributed by atoms with van der Waals surface area (Å²) in [5, 5.41) is 15.6. The van der Waals surface area contributed by atoms with Crippen molar-refractivity contribution in [1.82, 2.24) is 16.0 Å². The molecule has 0 aromatic carbocycles. The number of amides is 3. The third kappa shape index (κ3) is 11.9. The Morgan fingerprint density at radius 2 is 1.65 bits per heavy atom. The standard InChI is InChI=1S/C11H16Cl3N3O6/c1-6(19)15-2-8(20)16-3-9(21)17-7(4-18)10(22)23-5-11(12,13)14/h7,18H,2-5H2,1H3,(H,15,19)(H,16,20)(H,17,21)/t7-/m0/s1. The second-order valence-corrected chi connectivity index (χ2v) is 6.73. The number of halogens is 3. The van der Waals surface area contributed by atoms with Crippen molar-refractivity contribution >= 4 is 58.5 Å². The highest BCUT2D eigenvalue weighted by Crippen LogP contribution is 2.25. The Morgan fingerprint density at radius 1 is 1.09 bits per heavy atom. The van der Waals surface area contributed by atoms with E-state index < -0.39 is 53.3 Å². The number of aliphatic hydroxyl groups is 1. The van der Waals surface area contributed by atoms with Gasteiger partial charge in [0.1, 0.15) is 6.61 Å². The molecule has 0 aliphatic carbocycles. The van der Waals surface area contributed by atoms with Crippen LogP contribution in [0.3, 0.4) is 0 Å². The number of hydrogen-bond acceptors (Lipinski definition) is 6. The first-order valence-corrected chi connectivity index (χ1v) is 7.33. The maximum absolute atomic E-state index is 11.6. The van der Waals surface area contributed by atoms with Crippen molar-refractivity contribution in [3.05, 3.63) is 0 Å². The highest BCUT2D eigenvalue weighted by molar-refractivity contribution is 6.67. The van der Waals surface area contributed by atoms with E-state index in [2.05, 4.69) is 20.7 Å². The summed E-state index contributed by atoms with van der Waals surface area (Å²) in [5.74, 6) is -2.76. The van der Waals surface area contributed by atoms with E-state index in [0.29, 0.717) is 0 Å². The smallest absolute Gasteiger partial charge is 0.331 e. The van der Waals surface area contributed by atoms with Crippen LogP contribution in [-0.2, 0) is 23.9 Å². The Kier molecular flexibility index (Phi) is 9.89. The summed E-state index contributed by atoms with van der Waals surface area (Å²) in [6, 6.07) is -1.37. The van der Waals surface area contributed by atoms with Gasteiger partial charge in [0, 0.05) is 6.92 Å². The van der Waals surface area contributed by atoms with Crippen LogP contribution in [0.25, 0.3) is 0 Å². The fraction of sp³-hybridized carbons (Fsp3) is 0.636. The van der Waals surface area contributed by atoms with Gasteiger partial charge >= 0.3 is 5.97 Å². The lowest BCUT2D eigenvalue weighted by molar-refractivity contribution is -0.148. The average molecular weight is 393 g/mol. The van der Waals surface area contributed by atoms with Gasteiger partial charge in [-0.25, -0.2) is 4.79 Å². The van der Waals surface area contributed by atoms with Gasteiger partial charge in [0.25, 0.3) is 0 Å². The normalized spacial score (nSPS) is 12.0. The molecule has 1 atom stereocenters. The van der Waals surface area contributed by atoms with E-state index in [-0.39, 0.29) is 6.54 Å². The molecular weight excluding hydrogens is 376 g/mol. The summed E-state index contributed by atoms with van der Waals surface area (Å²) in [7, 11) is 0. The fourth-order valence-electron chi connectivity index (χ4n) is 1.12. The predicted molar refractivity (Wildman–Crippen MR) is 82.0 cm³/mol. The van der Waals surface area contributed by atoms with Crippen LogP contribution in [0, 0.1) is 0 Å². The van der Waals surface area contributed by atoms with Gasteiger partial charge in [-0.2, -0.15) is 0 Å². The van der Waals surface area contributed by atoms with Crippen LogP contribution in [0.15, 0.2) is 0 Å². The van der Waals surface area contributed by atoms with Gasteiger partial charge in [0.05, 0.1) is 19.7 Å². The van der Waals surface area contributed by atoms with Crippen LogP contribution in [0.4, 0.5) is 0 Å². The first-order valence-electron chi connectivity index (χ1n) is 6.20. The van der Waals surface area contributed by atoms with Crippen LogP contribution in [0.2, 0.25) is 0 Å². The van der Waals surface area contributed by atoms with Crippen molar-refractivity contribution < 1.29 is 29.0 Å². The van der Waals surface area contributed by atoms with Crippen molar-refractivity contribution in [1.29, 1.82) is 0 Å². The molecule has 9 nitrogen and oxygen atoms in total. The van der Waals surface area contributed by atoms with Crippen molar-refractivity contribution in [2.45, 2.75) is 16.8 Å². The molecule has 0 saturated carbocycles. The quantitative estimate of drug-likeness (QED) is 0.297. The zero-order chi connectivity index (χ0) is 18.0. The molecule has 0 rings (SSSR count). The van der Waals surface area contributed by atoms with Crippen LogP contribution in [0.1, 0.15) is 6.92 Å². The van der Waals surface area contributed by atoms with E-state index in [1.807, 2.05) is 0 Å². The number of carbonyl (C=O) groups excluding carboxylic acids is 4. The maximum Gasteiger partial charge on any atom is 0.331 e. The Bertz CT molecular complexity index is 455. The maximum atomic E-state index is 11.6. The van der Waals surface area contributed by atoms with Gasteiger partial charge in [-0.05, 0) is 0 Å². The fourth-order valence-corrected chi connectivity index (χ4v) is 1.29. The third-order valence-electron chi connectivity index (χ3n) is 2.12. The molecule has 0 saturated heterocycles. The van der Waals surface area contributed by atoms with Crippen LogP contribution < -0.4 is 16.0 Å². The predicted octanol–water partition coefficient (Wildman–Crippen LogP) is -1.37. The zero-order valence-electron chi connectivity index (χ0n) is 12.0. The number of nitrogens with one attached hydrogen (secondary N) is 3. The van der Waals surface area contributed by atoms with E-state index in [1.165, 1.54) is 6.92 Å². The van der Waals surface area contributed by atoms with E-state index in [4.69, 9.17) is 39.9 Å². The number of aliphatic hydroxyl groups excluding tert-OH is 1. The molecule has 0 aliphatic heterocycles. The molecule has 0 aromatic heterocycles. The molecule has 0 fully saturated rings. The third-order valence-corrected chi connectivity index (χ3v) is 2.45. The summed E-state index contributed by atoms with van der Waals surface area (Å²) in [6.07, 6.45) is 0. The molecule has 132 valence electrons. The van der Waals surface area contributed by atoms with E-state index in [9.17, 15) is 19.2 Å². The molecule has 0 bridgehead atoms. The molecule has 12 heteroatoms. The number of rotatable bonds is 8. The molecule has 23 heavy (non-hydrogen) atoms. The topological polar surface area (TPSA) is 134 Å². The Labute approximate surface area is 147 Å². The minimum absolute atomic E-state index is 0.294. The summed E-state index contributed by atoms with van der Waals surface area (Å²) >= 11 is 16.2. The number of esters is 1. The summed E-state index contributed by atoms with van der Waals surface area (Å²) in [5.41, 5.74) is 0. The number of hydrogen-bond donors (Lipinski definition) is 4. The van der Waals surface area contributed by atoms with E-state index >= 15 is 0 Å². The van der Waals surface area contributed by atoms with Crippen LogP contribution in [0.5, 0.6) is 0 Å². The first-order chi connectivity index (χ1) is 10.5. The average Bonchev–Trinajstić information content (AvgIpc) is 2.45. The van der Waals surface area contributed by atoms with E-state index in [1.54, 1.807) is 0 Å². The molecule has 0 aliphatic rings. The summed E-state index contributed by atoms with van der Waals surface area (Å²) in [4.78, 5) is 45.0. The van der Waals surface area contributed by atoms with Gasteiger partial charge in [0.15, 0.2) is 6.04 Å². The van der Waals surface area contributed by atoms with Crippen molar-refractivity contribution in [2.24, 2.45) is 0 Å². The van der Waals surface area contributed by atoms with Gasteiger partial charge in [-0.3, -0.25) is 14.4 Å². The van der Waals surface area contributed by atoms with Gasteiger partial charge in [0.2, 0.25) is 21.5 Å². The van der Waals surface area contributed by atoms with Crippen molar-refractivity contribution in [3.63, 3.8) is 0 Å². The zero-order valence-corrected chi connectivity index (χ0v) is 14.3. The van der Waals surface area contributed by atoms with E-state index in [0.717, 1.165) is 0 Å². The lowest BCUT2D eigenvalue weighted by Crippen LogP contribution is -2.49. The van der Waals surface area contributed by atoms with Crippen molar-refractivity contribution in [2.75, 3.05) is 26.3 Å². The summed E-state index contributed by atoms with van der Waals surface area (Å²) in [6.45, 7) is -0.834. The summed E-state index contributed by atoms with van der Waals surface area (Å²) < 4.78 is 2.78. The molecular formula is C11H16Cl3N3O6. The minimum atomic E-state index is -1.82. The lowest BCUT2D eigenvalue weighted by atomic mass is 10.3. The van der Waals surface area contributed by atoms with Crippen LogP contribution in [-0.4, -0.2) is 64.9 Å². The Morgan fingerprint density at radius 3 is 2.13 bits per heavy atom. The molecule has 3 amide bonds. The number of ether oxygens (including phenoxy) is 1. The monoisotopic (exact) mass is 391 g/mol. The van der Waals surface area contributed by atoms with Gasteiger partial charge < -0.3 is 25.8 Å².